The number of hydrogen-bond donors (Lipinski definition) is 0. The first-order valence-corrected chi connectivity index (χ1v) is 3.79. The van der Waals surface area contributed by atoms with Crippen LogP contribution in [0.15, 0.2) is 0 Å². The van der Waals surface area contributed by atoms with Gasteiger partial charge in [0.25, 0.3) is 0 Å². The third kappa shape index (κ3) is 1.37. The van der Waals surface area contributed by atoms with E-state index in [1.54, 1.807) is 0 Å². The average Bonchev–Trinajstić information content (AvgIpc) is 2.17. The van der Waals surface area contributed by atoms with Crippen LogP contribution in [0.5, 0.6) is 5.75 Å². The first-order valence-electron chi connectivity index (χ1n) is 3.79. The summed E-state index contributed by atoms with van der Waals surface area (Å²) in [6, 6.07) is 0. The van der Waals surface area contributed by atoms with E-state index in [4.69, 9.17) is 4.74 Å². The van der Waals surface area contributed by atoms with E-state index in [1.807, 2.05) is 32.5 Å². The molecule has 0 unspecified atom stereocenters. The van der Waals surface area contributed by atoms with Crippen molar-refractivity contribution < 1.29 is 4.74 Å². The highest BCUT2D eigenvalue weighted by atomic mass is 16.5. The Morgan fingerprint density at radius 2 is 2.09 bits per heavy atom. The molecule has 0 radical (unpaired) electrons. The van der Waals surface area contributed by atoms with Crippen molar-refractivity contribution in [3.05, 3.63) is 11.4 Å². The van der Waals surface area contributed by atoms with Crippen LogP contribution < -0.4 is 4.74 Å². The lowest BCUT2D eigenvalue weighted by Gasteiger charge is -2.01. The van der Waals surface area contributed by atoms with E-state index in [0.29, 0.717) is 6.61 Å². The Balaban J connectivity index is 3.02. The molecule has 0 saturated heterocycles. The molecular formula is C8H14N2O. The molecule has 0 aliphatic carbocycles. The summed E-state index contributed by atoms with van der Waals surface area (Å²) in [5, 5.41) is 4.22. The second kappa shape index (κ2) is 2.95. The maximum atomic E-state index is 5.40. The molecule has 3 nitrogen and oxygen atoms in total. The molecule has 0 amide bonds. The lowest BCUT2D eigenvalue weighted by Crippen LogP contribution is -1.95. The minimum absolute atomic E-state index is 0.702. The fraction of sp³-hybridized carbons (Fsp3) is 0.625. The van der Waals surface area contributed by atoms with Gasteiger partial charge in [0.2, 0.25) is 0 Å². The zero-order chi connectivity index (χ0) is 8.43. The van der Waals surface area contributed by atoms with Crippen LogP contribution in [0.1, 0.15) is 18.3 Å². The summed E-state index contributed by atoms with van der Waals surface area (Å²) in [7, 11) is 1.92. The highest BCUT2D eigenvalue weighted by Gasteiger charge is 2.08. The van der Waals surface area contributed by atoms with Crippen molar-refractivity contribution >= 4 is 0 Å². The number of hydrogen-bond acceptors (Lipinski definition) is 2. The minimum Gasteiger partial charge on any atom is -0.490 e. The number of nitrogens with zero attached hydrogens (tertiary/aromatic N) is 2. The molecule has 1 aromatic rings. The summed E-state index contributed by atoms with van der Waals surface area (Å²) in [6.07, 6.45) is 0. The molecule has 1 aromatic heterocycles. The number of ether oxygens (including phenoxy) is 1. The Bertz CT molecular complexity index is 253. The number of aromatic nitrogens is 2. The van der Waals surface area contributed by atoms with Crippen molar-refractivity contribution in [2.45, 2.75) is 20.8 Å². The molecule has 1 heterocycles. The fourth-order valence-electron chi connectivity index (χ4n) is 1.11. The van der Waals surface area contributed by atoms with Gasteiger partial charge in [-0.15, -0.1) is 0 Å². The molecule has 0 spiro atoms. The molecule has 0 N–H and O–H groups in total. The van der Waals surface area contributed by atoms with E-state index in [-0.39, 0.29) is 0 Å². The molecule has 0 bridgehead atoms. The van der Waals surface area contributed by atoms with E-state index < -0.39 is 0 Å². The lowest BCUT2D eigenvalue weighted by atomic mass is 10.3. The van der Waals surface area contributed by atoms with Crippen LogP contribution in [0, 0.1) is 13.8 Å². The summed E-state index contributed by atoms with van der Waals surface area (Å²) in [4.78, 5) is 0. The first kappa shape index (κ1) is 8.11. The summed E-state index contributed by atoms with van der Waals surface area (Å²) < 4.78 is 7.24. The van der Waals surface area contributed by atoms with E-state index in [1.165, 1.54) is 0 Å². The Kier molecular flexibility index (Phi) is 2.17. The first-order chi connectivity index (χ1) is 5.16. The summed E-state index contributed by atoms with van der Waals surface area (Å²) in [5.74, 6) is 0.926. The van der Waals surface area contributed by atoms with Crippen LogP contribution in [0.25, 0.3) is 0 Å². The van der Waals surface area contributed by atoms with E-state index in [2.05, 4.69) is 5.10 Å². The van der Waals surface area contributed by atoms with Crippen molar-refractivity contribution in [1.82, 2.24) is 9.78 Å². The van der Waals surface area contributed by atoms with Crippen LogP contribution >= 0.6 is 0 Å². The van der Waals surface area contributed by atoms with Crippen molar-refractivity contribution in [3.63, 3.8) is 0 Å². The van der Waals surface area contributed by atoms with Gasteiger partial charge in [0, 0.05) is 7.05 Å². The summed E-state index contributed by atoms with van der Waals surface area (Å²) >= 11 is 0. The zero-order valence-corrected chi connectivity index (χ0v) is 7.51. The maximum Gasteiger partial charge on any atom is 0.162 e. The van der Waals surface area contributed by atoms with Gasteiger partial charge in [0.15, 0.2) is 5.75 Å². The largest absolute Gasteiger partial charge is 0.490 e. The molecule has 3 heteroatoms. The van der Waals surface area contributed by atoms with Gasteiger partial charge in [-0.1, -0.05) is 0 Å². The number of aryl methyl sites for hydroxylation is 2. The molecule has 11 heavy (non-hydrogen) atoms. The Labute approximate surface area is 67.0 Å². The van der Waals surface area contributed by atoms with Crippen LogP contribution in [0.4, 0.5) is 0 Å². The van der Waals surface area contributed by atoms with E-state index in [0.717, 1.165) is 17.1 Å². The van der Waals surface area contributed by atoms with E-state index >= 15 is 0 Å². The van der Waals surface area contributed by atoms with Crippen molar-refractivity contribution in [2.75, 3.05) is 6.61 Å². The quantitative estimate of drug-likeness (QED) is 0.644. The molecule has 0 atom stereocenters. The van der Waals surface area contributed by atoms with Gasteiger partial charge < -0.3 is 4.74 Å². The third-order valence-corrected chi connectivity index (χ3v) is 1.73. The van der Waals surface area contributed by atoms with Crippen LogP contribution in [-0.4, -0.2) is 16.4 Å². The second-order valence-electron chi connectivity index (χ2n) is 2.56. The smallest absolute Gasteiger partial charge is 0.162 e. The molecule has 0 aromatic carbocycles. The van der Waals surface area contributed by atoms with Crippen molar-refractivity contribution in [3.8, 4) is 5.75 Å². The lowest BCUT2D eigenvalue weighted by molar-refractivity contribution is 0.335. The molecule has 0 fully saturated rings. The van der Waals surface area contributed by atoms with Crippen LogP contribution in [-0.2, 0) is 7.05 Å². The third-order valence-electron chi connectivity index (χ3n) is 1.73. The Morgan fingerprint density at radius 3 is 2.45 bits per heavy atom. The molecule has 62 valence electrons. The second-order valence-corrected chi connectivity index (χ2v) is 2.56. The highest BCUT2D eigenvalue weighted by Crippen LogP contribution is 2.20. The monoisotopic (exact) mass is 154 g/mol. The zero-order valence-electron chi connectivity index (χ0n) is 7.51. The van der Waals surface area contributed by atoms with Crippen LogP contribution in [0.3, 0.4) is 0 Å². The Morgan fingerprint density at radius 1 is 1.45 bits per heavy atom. The van der Waals surface area contributed by atoms with Crippen molar-refractivity contribution in [1.29, 1.82) is 0 Å². The average molecular weight is 154 g/mol. The van der Waals surface area contributed by atoms with Crippen molar-refractivity contribution in [2.24, 2.45) is 7.05 Å². The molecule has 1 rings (SSSR count). The van der Waals surface area contributed by atoms with Gasteiger partial charge in [-0.25, -0.2) is 0 Å². The highest BCUT2D eigenvalue weighted by molar-refractivity contribution is 5.31. The maximum absolute atomic E-state index is 5.40. The van der Waals surface area contributed by atoms with Gasteiger partial charge in [-0.05, 0) is 20.8 Å². The molecular weight excluding hydrogens is 140 g/mol. The predicted molar refractivity (Wildman–Crippen MR) is 43.9 cm³/mol. The van der Waals surface area contributed by atoms with Gasteiger partial charge in [-0.2, -0.15) is 5.10 Å². The van der Waals surface area contributed by atoms with Gasteiger partial charge >= 0.3 is 0 Å². The minimum atomic E-state index is 0.702. The predicted octanol–water partition coefficient (Wildman–Crippen LogP) is 1.44. The molecule has 0 aliphatic rings. The normalized spacial score (nSPS) is 10.2. The molecule has 0 aliphatic heterocycles. The standard InChI is InChI=1S/C8H14N2O/c1-5-11-8-6(2)9-10(4)7(8)3/h5H2,1-4H3. The number of rotatable bonds is 2. The summed E-state index contributed by atoms with van der Waals surface area (Å²) in [6.45, 7) is 6.64. The van der Waals surface area contributed by atoms with Crippen LogP contribution in [0.2, 0.25) is 0 Å². The fourth-order valence-corrected chi connectivity index (χ4v) is 1.11. The van der Waals surface area contributed by atoms with Gasteiger partial charge in [0.1, 0.15) is 5.69 Å². The summed E-state index contributed by atoms with van der Waals surface area (Å²) in [5.41, 5.74) is 2.05. The molecule has 0 saturated carbocycles. The Hall–Kier alpha value is -0.990. The van der Waals surface area contributed by atoms with Gasteiger partial charge in [0.05, 0.1) is 12.3 Å². The van der Waals surface area contributed by atoms with E-state index in [9.17, 15) is 0 Å². The topological polar surface area (TPSA) is 27.1 Å². The SMILES string of the molecule is CCOc1c(C)nn(C)c1C. The van der Waals surface area contributed by atoms with Gasteiger partial charge in [-0.3, -0.25) is 4.68 Å².